The minimum Gasteiger partial charge on any atom is -0.396 e. The third-order valence-electron chi connectivity index (χ3n) is 2.07. The molecule has 0 aromatic heterocycles. The van der Waals surface area contributed by atoms with Crippen LogP contribution in [0.25, 0.3) is 0 Å². The van der Waals surface area contributed by atoms with E-state index in [-0.39, 0.29) is 12.5 Å². The average molecular weight is 162 g/mol. The zero-order valence-corrected chi connectivity index (χ0v) is 6.47. The van der Waals surface area contributed by atoms with Crippen LogP contribution in [-0.2, 0) is 4.74 Å². The van der Waals surface area contributed by atoms with Gasteiger partial charge in [-0.1, -0.05) is 0 Å². The van der Waals surface area contributed by atoms with Gasteiger partial charge in [0.1, 0.15) is 0 Å². The third kappa shape index (κ3) is 1.90. The molecule has 1 aliphatic heterocycles. The molecule has 4 nitrogen and oxygen atoms in total. The van der Waals surface area contributed by atoms with Crippen molar-refractivity contribution in [2.45, 2.75) is 31.8 Å². The molecule has 0 aromatic carbocycles. The number of hydrogen-bond acceptors (Lipinski definition) is 4. The molecule has 1 heterocycles. The summed E-state index contributed by atoms with van der Waals surface area (Å²) in [7, 11) is 0. The lowest BCUT2D eigenvalue weighted by molar-refractivity contribution is -0.216. The summed E-state index contributed by atoms with van der Waals surface area (Å²) in [6.45, 7) is 1.57. The van der Waals surface area contributed by atoms with Gasteiger partial charge in [-0.15, -0.1) is 0 Å². The van der Waals surface area contributed by atoms with E-state index in [1.54, 1.807) is 6.92 Å². The molecule has 0 unspecified atom stereocenters. The number of aliphatic hydroxyl groups is 3. The molecule has 1 saturated heterocycles. The maximum Gasteiger partial charge on any atom is 0.155 e. The van der Waals surface area contributed by atoms with Crippen molar-refractivity contribution in [3.05, 3.63) is 0 Å². The van der Waals surface area contributed by atoms with Crippen LogP contribution in [0.1, 0.15) is 13.3 Å². The molecule has 11 heavy (non-hydrogen) atoms. The lowest BCUT2D eigenvalue weighted by atomic mass is 9.93. The second-order valence-electron chi connectivity index (χ2n) is 2.96. The van der Waals surface area contributed by atoms with E-state index in [9.17, 15) is 5.11 Å². The molecule has 1 aliphatic rings. The third-order valence-corrected chi connectivity index (χ3v) is 2.07. The number of ether oxygens (including phenoxy) is 1. The highest BCUT2D eigenvalue weighted by atomic mass is 16.6. The summed E-state index contributed by atoms with van der Waals surface area (Å²) >= 11 is 0. The quantitative estimate of drug-likeness (QED) is 0.466. The van der Waals surface area contributed by atoms with Crippen LogP contribution >= 0.6 is 0 Å². The molecule has 3 N–H and O–H groups in total. The SMILES string of the molecule is C[C@H]1O[C@@H](O)C[C@H](CO)[C@H]1O. The topological polar surface area (TPSA) is 69.9 Å². The van der Waals surface area contributed by atoms with Gasteiger partial charge in [-0.2, -0.15) is 0 Å². The van der Waals surface area contributed by atoms with Crippen molar-refractivity contribution < 1.29 is 20.1 Å². The fourth-order valence-corrected chi connectivity index (χ4v) is 1.35. The molecule has 4 atom stereocenters. The van der Waals surface area contributed by atoms with E-state index in [2.05, 4.69) is 0 Å². The highest BCUT2D eigenvalue weighted by Gasteiger charge is 2.33. The van der Waals surface area contributed by atoms with Gasteiger partial charge in [0.2, 0.25) is 0 Å². The van der Waals surface area contributed by atoms with Crippen LogP contribution < -0.4 is 0 Å². The zero-order chi connectivity index (χ0) is 8.43. The van der Waals surface area contributed by atoms with Crippen molar-refractivity contribution in [3.8, 4) is 0 Å². The van der Waals surface area contributed by atoms with Gasteiger partial charge in [-0.05, 0) is 6.92 Å². The van der Waals surface area contributed by atoms with Crippen LogP contribution in [-0.4, -0.2) is 40.4 Å². The van der Waals surface area contributed by atoms with E-state index in [4.69, 9.17) is 14.9 Å². The second kappa shape index (κ2) is 3.49. The van der Waals surface area contributed by atoms with E-state index in [1.165, 1.54) is 0 Å². The molecule has 0 saturated carbocycles. The lowest BCUT2D eigenvalue weighted by Gasteiger charge is -2.34. The van der Waals surface area contributed by atoms with E-state index >= 15 is 0 Å². The molecule has 0 bridgehead atoms. The maximum absolute atomic E-state index is 9.36. The summed E-state index contributed by atoms with van der Waals surface area (Å²) < 4.78 is 4.92. The molecule has 0 aliphatic carbocycles. The molecule has 0 amide bonds. The maximum atomic E-state index is 9.36. The first-order chi connectivity index (χ1) is 5.15. The predicted octanol–water partition coefficient (Wildman–Crippen LogP) is -0.917. The molecule has 66 valence electrons. The Hall–Kier alpha value is -0.160. The first kappa shape index (κ1) is 8.93. The van der Waals surface area contributed by atoms with Crippen LogP contribution in [0.5, 0.6) is 0 Å². The second-order valence-corrected chi connectivity index (χ2v) is 2.96. The van der Waals surface area contributed by atoms with Gasteiger partial charge in [0, 0.05) is 18.9 Å². The summed E-state index contributed by atoms with van der Waals surface area (Å²) in [6, 6.07) is 0. The Morgan fingerprint density at radius 1 is 1.45 bits per heavy atom. The monoisotopic (exact) mass is 162 g/mol. The van der Waals surface area contributed by atoms with Crippen molar-refractivity contribution >= 4 is 0 Å². The van der Waals surface area contributed by atoms with Gasteiger partial charge < -0.3 is 20.1 Å². The van der Waals surface area contributed by atoms with Crippen LogP contribution in [0.3, 0.4) is 0 Å². The van der Waals surface area contributed by atoms with Gasteiger partial charge in [0.15, 0.2) is 6.29 Å². The molecule has 4 heteroatoms. The van der Waals surface area contributed by atoms with E-state index in [1.807, 2.05) is 0 Å². The molecular weight excluding hydrogens is 148 g/mol. The molecule has 0 aromatic rings. The lowest BCUT2D eigenvalue weighted by Crippen LogP contribution is -2.44. The first-order valence-electron chi connectivity index (χ1n) is 3.77. The number of rotatable bonds is 1. The fourth-order valence-electron chi connectivity index (χ4n) is 1.35. The van der Waals surface area contributed by atoms with Crippen molar-refractivity contribution in [1.82, 2.24) is 0 Å². The van der Waals surface area contributed by atoms with E-state index in [0.717, 1.165) is 0 Å². The number of hydrogen-bond donors (Lipinski definition) is 3. The largest absolute Gasteiger partial charge is 0.396 e. The van der Waals surface area contributed by atoms with Gasteiger partial charge in [0.05, 0.1) is 12.2 Å². The Morgan fingerprint density at radius 3 is 2.64 bits per heavy atom. The Bertz CT molecular complexity index is 128. The zero-order valence-electron chi connectivity index (χ0n) is 6.47. The minimum absolute atomic E-state index is 0.105. The van der Waals surface area contributed by atoms with Crippen LogP contribution in [0, 0.1) is 5.92 Å². The first-order valence-corrected chi connectivity index (χ1v) is 3.77. The summed E-state index contributed by atoms with van der Waals surface area (Å²) in [5.74, 6) is -0.256. The smallest absolute Gasteiger partial charge is 0.155 e. The average Bonchev–Trinajstić information content (AvgIpc) is 1.96. The summed E-state index contributed by atoms with van der Waals surface area (Å²) in [4.78, 5) is 0. The summed E-state index contributed by atoms with van der Waals surface area (Å²) in [5, 5.41) is 27.2. The van der Waals surface area contributed by atoms with Gasteiger partial charge >= 0.3 is 0 Å². The van der Waals surface area contributed by atoms with Gasteiger partial charge in [0.25, 0.3) is 0 Å². The van der Waals surface area contributed by atoms with Crippen LogP contribution in [0.15, 0.2) is 0 Å². The Labute approximate surface area is 65.4 Å². The molecule has 0 spiro atoms. The minimum atomic E-state index is -0.842. The van der Waals surface area contributed by atoms with E-state index in [0.29, 0.717) is 6.42 Å². The highest BCUT2D eigenvalue weighted by molar-refractivity contribution is 4.79. The normalized spacial score (nSPS) is 45.8. The van der Waals surface area contributed by atoms with Crippen LogP contribution in [0.2, 0.25) is 0 Å². The predicted molar refractivity (Wildman–Crippen MR) is 37.8 cm³/mol. The summed E-state index contributed by atoms with van der Waals surface area (Å²) in [6.07, 6.45) is -1.59. The highest BCUT2D eigenvalue weighted by Crippen LogP contribution is 2.23. The summed E-state index contributed by atoms with van der Waals surface area (Å²) in [5.41, 5.74) is 0. The molecular formula is C7H14O4. The number of aliphatic hydroxyl groups excluding tert-OH is 3. The van der Waals surface area contributed by atoms with Gasteiger partial charge in [-0.3, -0.25) is 0 Å². The molecule has 0 radical (unpaired) electrons. The van der Waals surface area contributed by atoms with Crippen molar-refractivity contribution in [1.29, 1.82) is 0 Å². The molecule has 1 fully saturated rings. The Balaban J connectivity index is 2.51. The Kier molecular flexibility index (Phi) is 2.84. The Morgan fingerprint density at radius 2 is 2.09 bits per heavy atom. The van der Waals surface area contributed by atoms with Crippen molar-refractivity contribution in [2.75, 3.05) is 6.61 Å². The van der Waals surface area contributed by atoms with Crippen LogP contribution in [0.4, 0.5) is 0 Å². The standard InChI is InChI=1S/C7H14O4/c1-4-7(10)5(3-8)2-6(9)11-4/h4-10H,2-3H2,1H3/t4-,5-,6-,7+/m1/s1. The van der Waals surface area contributed by atoms with Crippen molar-refractivity contribution in [3.63, 3.8) is 0 Å². The van der Waals surface area contributed by atoms with E-state index < -0.39 is 18.5 Å². The fraction of sp³-hybridized carbons (Fsp3) is 1.00. The van der Waals surface area contributed by atoms with Gasteiger partial charge in [-0.25, -0.2) is 0 Å². The molecule has 1 rings (SSSR count). The van der Waals surface area contributed by atoms with Crippen molar-refractivity contribution in [2.24, 2.45) is 5.92 Å².